The molecule has 0 bridgehead atoms. The monoisotopic (exact) mass is 379 g/mol. The van der Waals surface area contributed by atoms with Crippen molar-refractivity contribution in [2.24, 2.45) is 0 Å². The van der Waals surface area contributed by atoms with Crippen molar-refractivity contribution < 1.29 is 32.7 Å². The van der Waals surface area contributed by atoms with Crippen LogP contribution in [0.4, 0.5) is 0 Å². The Morgan fingerprint density at radius 1 is 1.31 bits per heavy atom. The fraction of sp³-hybridized carbons (Fsp3) is 0.353. The third-order valence-electron chi connectivity index (χ3n) is 3.83. The van der Waals surface area contributed by atoms with Gasteiger partial charge in [0.05, 0.1) is 13.4 Å². The number of furan rings is 2. The van der Waals surface area contributed by atoms with Crippen LogP contribution in [0.5, 0.6) is 0 Å². The summed E-state index contributed by atoms with van der Waals surface area (Å²) in [6.45, 7) is 1.26. The van der Waals surface area contributed by atoms with Gasteiger partial charge in [-0.3, -0.25) is 4.79 Å². The number of rotatable bonds is 5. The number of nitrogens with zero attached hydrogens (tertiary/aromatic N) is 1. The number of esters is 2. The first-order chi connectivity index (χ1) is 12.5. The van der Waals surface area contributed by atoms with E-state index in [-0.39, 0.29) is 23.6 Å². The molecule has 0 N–H and O–H groups in total. The number of hydrogen-bond acceptors (Lipinski definition) is 8. The zero-order valence-electron chi connectivity index (χ0n) is 14.2. The molecule has 9 heteroatoms. The van der Waals surface area contributed by atoms with Crippen LogP contribution in [-0.2, 0) is 25.7 Å². The summed E-state index contributed by atoms with van der Waals surface area (Å²) in [6.07, 6.45) is 1.52. The van der Waals surface area contributed by atoms with E-state index in [1.165, 1.54) is 49.1 Å². The van der Waals surface area contributed by atoms with Crippen molar-refractivity contribution in [2.75, 3.05) is 12.9 Å². The van der Waals surface area contributed by atoms with E-state index in [4.69, 9.17) is 13.6 Å². The number of thioether (sulfide) groups is 1. The molecule has 3 heterocycles. The van der Waals surface area contributed by atoms with Crippen molar-refractivity contribution in [2.45, 2.75) is 24.9 Å². The van der Waals surface area contributed by atoms with Crippen LogP contribution in [0.3, 0.4) is 0 Å². The van der Waals surface area contributed by atoms with E-state index >= 15 is 0 Å². The highest BCUT2D eigenvalue weighted by molar-refractivity contribution is 7.99. The zero-order chi connectivity index (χ0) is 18.7. The Bertz CT molecular complexity index is 798. The predicted molar refractivity (Wildman–Crippen MR) is 90.1 cm³/mol. The van der Waals surface area contributed by atoms with Crippen LogP contribution in [-0.4, -0.2) is 41.7 Å². The molecule has 0 spiro atoms. The second-order valence-corrected chi connectivity index (χ2v) is 6.62. The van der Waals surface area contributed by atoms with E-state index < -0.39 is 18.0 Å². The molecular formula is C17H17NO7S. The molecule has 0 aliphatic carbocycles. The van der Waals surface area contributed by atoms with Gasteiger partial charge in [0.25, 0.3) is 0 Å². The smallest absolute Gasteiger partial charge is 0.373 e. The van der Waals surface area contributed by atoms with Crippen molar-refractivity contribution >= 4 is 29.6 Å². The highest BCUT2D eigenvalue weighted by Gasteiger charge is 2.43. The SMILES string of the molecule is COC(=O)c1ccc(COC(=O)[C@@H]2CS[C@H](c3ccco3)N2C(C)=O)o1. The highest BCUT2D eigenvalue weighted by atomic mass is 32.2. The van der Waals surface area contributed by atoms with Gasteiger partial charge in [0.15, 0.2) is 0 Å². The van der Waals surface area contributed by atoms with Crippen molar-refractivity contribution in [1.29, 1.82) is 0 Å². The normalized spacial score (nSPS) is 19.4. The molecule has 0 unspecified atom stereocenters. The molecule has 0 aromatic carbocycles. The van der Waals surface area contributed by atoms with Crippen LogP contribution in [0.1, 0.15) is 34.4 Å². The van der Waals surface area contributed by atoms with Crippen molar-refractivity contribution in [1.82, 2.24) is 4.90 Å². The number of hydrogen-bond donors (Lipinski definition) is 0. The van der Waals surface area contributed by atoms with Crippen LogP contribution in [0.15, 0.2) is 39.4 Å². The average Bonchev–Trinajstić information content (AvgIpc) is 3.38. The van der Waals surface area contributed by atoms with E-state index in [0.717, 1.165) is 0 Å². The Morgan fingerprint density at radius 3 is 2.77 bits per heavy atom. The quantitative estimate of drug-likeness (QED) is 0.730. The molecule has 1 aliphatic rings. The minimum Gasteiger partial charge on any atom is -0.466 e. The standard InChI is InChI=1S/C17H17NO7S/c1-10(19)18-12(9-26-15(18)13-4-3-7-23-13)16(20)24-8-11-5-6-14(25-11)17(21)22-2/h3-7,12,15H,8-9H2,1-2H3/t12-,15+/m0/s1. The lowest BCUT2D eigenvalue weighted by atomic mass is 10.2. The number of ether oxygens (including phenoxy) is 2. The summed E-state index contributed by atoms with van der Waals surface area (Å²) < 4.78 is 20.4. The van der Waals surface area contributed by atoms with Gasteiger partial charge in [-0.1, -0.05) is 0 Å². The first kappa shape index (κ1) is 18.1. The number of amides is 1. The number of methoxy groups -OCH3 is 1. The van der Waals surface area contributed by atoms with E-state index in [1.54, 1.807) is 12.1 Å². The molecule has 0 saturated carbocycles. The largest absolute Gasteiger partial charge is 0.466 e. The fourth-order valence-corrected chi connectivity index (χ4v) is 4.04. The molecule has 26 heavy (non-hydrogen) atoms. The fourth-order valence-electron chi connectivity index (χ4n) is 2.63. The first-order valence-corrected chi connectivity index (χ1v) is 8.83. The zero-order valence-corrected chi connectivity index (χ0v) is 15.0. The van der Waals surface area contributed by atoms with E-state index in [1.807, 2.05) is 0 Å². The highest BCUT2D eigenvalue weighted by Crippen LogP contribution is 2.41. The number of carbonyl (C=O) groups excluding carboxylic acids is 3. The minimum absolute atomic E-state index is 0.0261. The Morgan fingerprint density at radius 2 is 2.12 bits per heavy atom. The summed E-state index contributed by atoms with van der Waals surface area (Å²) in [5.74, 6) is -0.0650. The molecule has 1 saturated heterocycles. The maximum Gasteiger partial charge on any atom is 0.373 e. The van der Waals surface area contributed by atoms with Crippen LogP contribution in [0.2, 0.25) is 0 Å². The van der Waals surface area contributed by atoms with Gasteiger partial charge in [-0.2, -0.15) is 0 Å². The van der Waals surface area contributed by atoms with Gasteiger partial charge in [-0.25, -0.2) is 9.59 Å². The lowest BCUT2D eigenvalue weighted by Gasteiger charge is -2.25. The molecular weight excluding hydrogens is 362 g/mol. The third kappa shape index (κ3) is 3.62. The van der Waals surface area contributed by atoms with Crippen molar-refractivity contribution in [3.63, 3.8) is 0 Å². The molecule has 1 fully saturated rings. The molecule has 138 valence electrons. The molecule has 0 radical (unpaired) electrons. The Balaban J connectivity index is 1.64. The molecule has 2 aromatic rings. The molecule has 1 amide bonds. The predicted octanol–water partition coefficient (Wildman–Crippen LogP) is 2.37. The Labute approximate surface area is 153 Å². The average molecular weight is 379 g/mol. The summed E-state index contributed by atoms with van der Waals surface area (Å²) in [7, 11) is 1.24. The number of carbonyl (C=O) groups is 3. The molecule has 3 rings (SSSR count). The van der Waals surface area contributed by atoms with Gasteiger partial charge in [0.1, 0.15) is 29.5 Å². The maximum absolute atomic E-state index is 12.5. The summed E-state index contributed by atoms with van der Waals surface area (Å²) >= 11 is 1.43. The summed E-state index contributed by atoms with van der Waals surface area (Å²) in [6, 6.07) is 5.74. The Hall–Kier alpha value is -2.68. The van der Waals surface area contributed by atoms with E-state index in [0.29, 0.717) is 17.3 Å². The van der Waals surface area contributed by atoms with E-state index in [2.05, 4.69) is 4.74 Å². The van der Waals surface area contributed by atoms with Crippen LogP contribution in [0.25, 0.3) is 0 Å². The lowest BCUT2D eigenvalue weighted by molar-refractivity contribution is -0.155. The van der Waals surface area contributed by atoms with Crippen molar-refractivity contribution in [3.05, 3.63) is 47.8 Å². The van der Waals surface area contributed by atoms with Crippen LogP contribution in [0, 0.1) is 0 Å². The van der Waals surface area contributed by atoms with Gasteiger partial charge in [0.2, 0.25) is 11.7 Å². The lowest BCUT2D eigenvalue weighted by Crippen LogP contribution is -2.42. The van der Waals surface area contributed by atoms with Crippen molar-refractivity contribution in [3.8, 4) is 0 Å². The maximum atomic E-state index is 12.5. The third-order valence-corrected chi connectivity index (χ3v) is 5.11. The molecule has 2 aromatic heterocycles. The second-order valence-electron chi connectivity index (χ2n) is 5.51. The van der Waals surface area contributed by atoms with Crippen LogP contribution >= 0.6 is 11.8 Å². The summed E-state index contributed by atoms with van der Waals surface area (Å²) in [4.78, 5) is 37.3. The van der Waals surface area contributed by atoms with E-state index in [9.17, 15) is 14.4 Å². The molecule has 1 aliphatic heterocycles. The summed E-state index contributed by atoms with van der Waals surface area (Å²) in [5.41, 5.74) is 0. The van der Waals surface area contributed by atoms with Gasteiger partial charge >= 0.3 is 11.9 Å². The van der Waals surface area contributed by atoms with Gasteiger partial charge in [-0.15, -0.1) is 11.8 Å². The molecule has 8 nitrogen and oxygen atoms in total. The minimum atomic E-state index is -0.720. The molecule has 2 atom stereocenters. The van der Waals surface area contributed by atoms with Gasteiger partial charge in [0, 0.05) is 12.7 Å². The van der Waals surface area contributed by atoms with Gasteiger partial charge in [-0.05, 0) is 24.3 Å². The van der Waals surface area contributed by atoms with Crippen LogP contribution < -0.4 is 0 Å². The first-order valence-electron chi connectivity index (χ1n) is 7.79. The second kappa shape index (κ2) is 7.69. The Kier molecular flexibility index (Phi) is 5.36. The topological polar surface area (TPSA) is 99.2 Å². The summed E-state index contributed by atoms with van der Waals surface area (Å²) in [5, 5.41) is -0.366. The van der Waals surface area contributed by atoms with Gasteiger partial charge < -0.3 is 23.2 Å².